The SMILES string of the molecule is Cc1ccc(C)c2cc(N3CC(C)NC(C)C3)ncc12. The van der Waals surface area contributed by atoms with Crippen molar-refractivity contribution in [3.8, 4) is 0 Å². The number of hydrogen-bond donors (Lipinski definition) is 1. The molecule has 1 N–H and O–H groups in total. The third-order valence-corrected chi connectivity index (χ3v) is 4.20. The minimum Gasteiger partial charge on any atom is -0.354 e. The van der Waals surface area contributed by atoms with E-state index < -0.39 is 0 Å². The highest BCUT2D eigenvalue weighted by Crippen LogP contribution is 2.26. The van der Waals surface area contributed by atoms with E-state index in [4.69, 9.17) is 4.98 Å². The monoisotopic (exact) mass is 269 g/mol. The van der Waals surface area contributed by atoms with Crippen LogP contribution in [0.1, 0.15) is 25.0 Å². The molecule has 1 aliphatic rings. The number of benzene rings is 1. The quantitative estimate of drug-likeness (QED) is 0.862. The summed E-state index contributed by atoms with van der Waals surface area (Å²) in [5.74, 6) is 1.10. The Morgan fingerprint density at radius 1 is 1.05 bits per heavy atom. The van der Waals surface area contributed by atoms with E-state index in [2.05, 4.69) is 56.1 Å². The van der Waals surface area contributed by atoms with E-state index in [9.17, 15) is 0 Å². The fourth-order valence-electron chi connectivity index (χ4n) is 3.20. The molecular weight excluding hydrogens is 246 g/mol. The molecule has 1 aliphatic heterocycles. The molecule has 2 unspecified atom stereocenters. The lowest BCUT2D eigenvalue weighted by molar-refractivity contribution is 0.405. The third-order valence-electron chi connectivity index (χ3n) is 4.20. The van der Waals surface area contributed by atoms with Crippen molar-refractivity contribution < 1.29 is 0 Å². The molecule has 2 heterocycles. The van der Waals surface area contributed by atoms with Crippen LogP contribution in [0.5, 0.6) is 0 Å². The molecule has 3 heteroatoms. The number of aromatic nitrogens is 1. The molecule has 3 nitrogen and oxygen atoms in total. The fraction of sp³-hybridized carbons (Fsp3) is 0.471. The molecule has 1 fully saturated rings. The number of nitrogens with zero attached hydrogens (tertiary/aromatic N) is 2. The standard InChI is InChI=1S/C17H23N3/c1-11-5-6-12(2)16-8-18-17(7-15(11)16)20-9-13(3)19-14(4)10-20/h5-8,13-14,19H,9-10H2,1-4H3. The van der Waals surface area contributed by atoms with Crippen LogP contribution >= 0.6 is 0 Å². The second-order valence-corrected chi connectivity index (χ2v) is 6.16. The average molecular weight is 269 g/mol. The van der Waals surface area contributed by atoms with Gasteiger partial charge in [-0.1, -0.05) is 12.1 Å². The Bertz CT molecular complexity index is 625. The van der Waals surface area contributed by atoms with E-state index in [1.165, 1.54) is 21.9 Å². The number of piperazine rings is 1. The molecule has 1 aromatic carbocycles. The molecule has 0 radical (unpaired) electrons. The van der Waals surface area contributed by atoms with Crippen molar-refractivity contribution in [2.45, 2.75) is 39.8 Å². The lowest BCUT2D eigenvalue weighted by Gasteiger charge is -2.37. The zero-order chi connectivity index (χ0) is 14.3. The topological polar surface area (TPSA) is 28.2 Å². The first-order chi connectivity index (χ1) is 9.54. The van der Waals surface area contributed by atoms with Crippen molar-refractivity contribution in [3.63, 3.8) is 0 Å². The maximum atomic E-state index is 4.70. The smallest absolute Gasteiger partial charge is 0.129 e. The first-order valence-corrected chi connectivity index (χ1v) is 7.41. The Kier molecular flexibility index (Phi) is 3.38. The molecule has 106 valence electrons. The summed E-state index contributed by atoms with van der Waals surface area (Å²) in [5, 5.41) is 6.16. The number of anilines is 1. The lowest BCUT2D eigenvalue weighted by Crippen LogP contribution is -2.54. The Labute approximate surface area is 121 Å². The number of nitrogens with one attached hydrogen (secondary N) is 1. The molecule has 1 aromatic heterocycles. The molecule has 3 rings (SSSR count). The van der Waals surface area contributed by atoms with Gasteiger partial charge in [0.25, 0.3) is 0 Å². The van der Waals surface area contributed by atoms with Gasteiger partial charge in [-0.05, 0) is 50.3 Å². The Balaban J connectivity index is 2.02. The fourth-order valence-corrected chi connectivity index (χ4v) is 3.20. The maximum absolute atomic E-state index is 4.70. The van der Waals surface area contributed by atoms with Crippen molar-refractivity contribution >= 4 is 16.6 Å². The van der Waals surface area contributed by atoms with Gasteiger partial charge in [0.15, 0.2) is 0 Å². The van der Waals surface area contributed by atoms with Crippen LogP contribution in [0.4, 0.5) is 5.82 Å². The van der Waals surface area contributed by atoms with E-state index in [1.54, 1.807) is 0 Å². The van der Waals surface area contributed by atoms with Gasteiger partial charge in [0.05, 0.1) is 0 Å². The first-order valence-electron chi connectivity index (χ1n) is 7.41. The Morgan fingerprint density at radius 2 is 1.65 bits per heavy atom. The predicted octanol–water partition coefficient (Wildman–Crippen LogP) is 3.04. The van der Waals surface area contributed by atoms with Crippen molar-refractivity contribution in [1.29, 1.82) is 0 Å². The van der Waals surface area contributed by atoms with Gasteiger partial charge in [0.2, 0.25) is 0 Å². The van der Waals surface area contributed by atoms with Gasteiger partial charge in [0, 0.05) is 36.8 Å². The summed E-state index contributed by atoms with van der Waals surface area (Å²) in [6.45, 7) is 10.8. The van der Waals surface area contributed by atoms with E-state index in [0.717, 1.165) is 18.9 Å². The van der Waals surface area contributed by atoms with Gasteiger partial charge < -0.3 is 10.2 Å². The van der Waals surface area contributed by atoms with Gasteiger partial charge in [-0.25, -0.2) is 4.98 Å². The Morgan fingerprint density at radius 3 is 2.30 bits per heavy atom. The van der Waals surface area contributed by atoms with Crippen LogP contribution in [0, 0.1) is 13.8 Å². The van der Waals surface area contributed by atoms with E-state index in [-0.39, 0.29) is 0 Å². The van der Waals surface area contributed by atoms with Gasteiger partial charge in [-0.15, -0.1) is 0 Å². The van der Waals surface area contributed by atoms with Crippen LogP contribution in [0.25, 0.3) is 10.8 Å². The average Bonchev–Trinajstić information content (AvgIpc) is 2.42. The van der Waals surface area contributed by atoms with Crippen molar-refractivity contribution in [2.24, 2.45) is 0 Å². The molecular formula is C17H23N3. The van der Waals surface area contributed by atoms with Gasteiger partial charge in [-0.3, -0.25) is 0 Å². The van der Waals surface area contributed by atoms with Gasteiger partial charge >= 0.3 is 0 Å². The van der Waals surface area contributed by atoms with Gasteiger partial charge in [0.1, 0.15) is 5.82 Å². The number of fused-ring (bicyclic) bond motifs is 1. The van der Waals surface area contributed by atoms with Gasteiger partial charge in [-0.2, -0.15) is 0 Å². The van der Waals surface area contributed by atoms with Crippen molar-refractivity contribution in [1.82, 2.24) is 10.3 Å². The number of pyridine rings is 1. The summed E-state index contributed by atoms with van der Waals surface area (Å²) in [6.07, 6.45) is 2.03. The molecule has 0 spiro atoms. The summed E-state index contributed by atoms with van der Waals surface area (Å²) in [7, 11) is 0. The van der Waals surface area contributed by atoms with Crippen LogP contribution in [0.15, 0.2) is 24.4 Å². The van der Waals surface area contributed by atoms with E-state index >= 15 is 0 Å². The lowest BCUT2D eigenvalue weighted by atomic mass is 10.0. The van der Waals surface area contributed by atoms with E-state index in [0.29, 0.717) is 12.1 Å². The minimum atomic E-state index is 0.509. The highest BCUT2D eigenvalue weighted by Gasteiger charge is 2.22. The largest absolute Gasteiger partial charge is 0.354 e. The summed E-state index contributed by atoms with van der Waals surface area (Å²) < 4.78 is 0. The summed E-state index contributed by atoms with van der Waals surface area (Å²) in [4.78, 5) is 7.10. The predicted molar refractivity (Wildman–Crippen MR) is 85.5 cm³/mol. The number of rotatable bonds is 1. The number of hydrogen-bond acceptors (Lipinski definition) is 3. The van der Waals surface area contributed by atoms with Crippen LogP contribution in [-0.2, 0) is 0 Å². The Hall–Kier alpha value is -1.61. The van der Waals surface area contributed by atoms with Crippen LogP contribution in [0.2, 0.25) is 0 Å². The molecule has 1 saturated heterocycles. The molecule has 0 bridgehead atoms. The second-order valence-electron chi connectivity index (χ2n) is 6.16. The van der Waals surface area contributed by atoms with E-state index in [1.807, 2.05) is 6.20 Å². The molecule has 2 aromatic rings. The summed E-state index contributed by atoms with van der Waals surface area (Å²) >= 11 is 0. The normalized spacial score (nSPS) is 23.3. The zero-order valence-electron chi connectivity index (χ0n) is 12.8. The number of aryl methyl sites for hydroxylation is 2. The summed E-state index contributed by atoms with van der Waals surface area (Å²) in [5.41, 5.74) is 2.62. The first kappa shape index (κ1) is 13.4. The summed E-state index contributed by atoms with van der Waals surface area (Å²) in [6, 6.07) is 7.64. The highest BCUT2D eigenvalue weighted by molar-refractivity contribution is 5.89. The molecule has 20 heavy (non-hydrogen) atoms. The molecule has 0 aliphatic carbocycles. The van der Waals surface area contributed by atoms with Crippen LogP contribution in [0.3, 0.4) is 0 Å². The minimum absolute atomic E-state index is 0.509. The third kappa shape index (κ3) is 2.38. The van der Waals surface area contributed by atoms with Crippen molar-refractivity contribution in [2.75, 3.05) is 18.0 Å². The van der Waals surface area contributed by atoms with Crippen molar-refractivity contribution in [3.05, 3.63) is 35.5 Å². The van der Waals surface area contributed by atoms with Crippen LogP contribution in [-0.4, -0.2) is 30.2 Å². The second kappa shape index (κ2) is 5.06. The zero-order valence-corrected chi connectivity index (χ0v) is 12.8. The highest BCUT2D eigenvalue weighted by atomic mass is 15.2. The molecule has 0 saturated carbocycles. The molecule has 2 atom stereocenters. The maximum Gasteiger partial charge on any atom is 0.129 e. The van der Waals surface area contributed by atoms with Crippen LogP contribution < -0.4 is 10.2 Å². The molecule has 0 amide bonds.